The van der Waals surface area contributed by atoms with Gasteiger partial charge in [-0.1, -0.05) is 11.6 Å². The van der Waals surface area contributed by atoms with Crippen molar-refractivity contribution in [3.8, 4) is 0 Å². The van der Waals surface area contributed by atoms with Gasteiger partial charge in [-0.3, -0.25) is 10.2 Å². The summed E-state index contributed by atoms with van der Waals surface area (Å²) < 4.78 is 13.5. The second-order valence-electron chi connectivity index (χ2n) is 8.18. The molecule has 0 atom stereocenters. The Balaban J connectivity index is 1.31. The number of hydrogen-bond donors (Lipinski definition) is 2. The normalized spacial score (nSPS) is 16.4. The Bertz CT molecular complexity index is 1310. The molecule has 5 rings (SSSR count). The summed E-state index contributed by atoms with van der Waals surface area (Å²) in [6.45, 7) is 3.27. The summed E-state index contributed by atoms with van der Waals surface area (Å²) >= 11 is 5.90. The quantitative estimate of drug-likeness (QED) is 0.579. The lowest BCUT2D eigenvalue weighted by atomic mass is 9.96. The van der Waals surface area contributed by atoms with Gasteiger partial charge in [-0.25, -0.2) is 29.3 Å². The van der Waals surface area contributed by atoms with Crippen molar-refractivity contribution < 1.29 is 9.18 Å². The first-order valence-electron chi connectivity index (χ1n) is 10.9. The Morgan fingerprint density at radius 2 is 2.06 bits per heavy atom. The summed E-state index contributed by atoms with van der Waals surface area (Å²) in [5, 5.41) is 4.68. The zero-order valence-electron chi connectivity index (χ0n) is 18.4. The van der Waals surface area contributed by atoms with Gasteiger partial charge in [-0.15, -0.1) is 0 Å². The lowest BCUT2D eigenvalue weighted by Gasteiger charge is -2.33. The number of halogens is 2. The van der Waals surface area contributed by atoms with Gasteiger partial charge in [0.2, 0.25) is 11.9 Å². The molecule has 1 fully saturated rings. The van der Waals surface area contributed by atoms with E-state index in [-0.39, 0.29) is 16.8 Å². The second kappa shape index (κ2) is 9.22. The smallest absolute Gasteiger partial charge is 0.248 e. The minimum atomic E-state index is -0.495. The van der Waals surface area contributed by atoms with Crippen molar-refractivity contribution in [3.05, 3.63) is 65.6 Å². The number of piperidine rings is 1. The standard InChI is InChI=1S/C23H22ClFN8O/c1-14-4-9-33(29-11-14)22(34)15-5-7-32(8-6-15)23-26-12-19-20(31-23)21(28-13-27-19)30-16-2-3-18(25)17(24)10-16/h2-4,9-13,15,29H,5-8H2,1H3,(H,27,28,30). The number of fused-ring (bicyclic) bond motifs is 1. The van der Waals surface area contributed by atoms with Crippen molar-refractivity contribution in [1.29, 1.82) is 0 Å². The van der Waals surface area contributed by atoms with E-state index in [9.17, 15) is 9.18 Å². The van der Waals surface area contributed by atoms with E-state index in [1.165, 1.54) is 23.5 Å². The Hall–Kier alpha value is -3.79. The largest absolute Gasteiger partial charge is 0.341 e. The third kappa shape index (κ3) is 4.49. The molecule has 1 aromatic carbocycles. The molecule has 9 nitrogen and oxygen atoms in total. The van der Waals surface area contributed by atoms with E-state index in [2.05, 4.69) is 30.6 Å². The number of hydrogen-bond acceptors (Lipinski definition) is 8. The molecule has 2 N–H and O–H groups in total. The summed E-state index contributed by atoms with van der Waals surface area (Å²) in [5.74, 6) is 0.488. The highest BCUT2D eigenvalue weighted by Gasteiger charge is 2.29. The highest BCUT2D eigenvalue weighted by molar-refractivity contribution is 6.31. The van der Waals surface area contributed by atoms with Gasteiger partial charge < -0.3 is 10.2 Å². The Morgan fingerprint density at radius 1 is 1.24 bits per heavy atom. The van der Waals surface area contributed by atoms with Crippen molar-refractivity contribution >= 4 is 46.0 Å². The van der Waals surface area contributed by atoms with Crippen LogP contribution in [0.25, 0.3) is 11.0 Å². The highest BCUT2D eigenvalue weighted by Crippen LogP contribution is 2.27. The molecule has 0 radical (unpaired) electrons. The molecule has 174 valence electrons. The molecule has 11 heteroatoms. The molecule has 3 aromatic rings. The van der Waals surface area contributed by atoms with E-state index in [1.54, 1.807) is 18.5 Å². The van der Waals surface area contributed by atoms with E-state index < -0.39 is 5.82 Å². The third-order valence-corrected chi connectivity index (χ3v) is 6.12. The molecular formula is C23H22ClFN8O. The summed E-state index contributed by atoms with van der Waals surface area (Å²) in [7, 11) is 0. The van der Waals surface area contributed by atoms with Crippen molar-refractivity contribution in [2.75, 3.05) is 23.3 Å². The van der Waals surface area contributed by atoms with Gasteiger partial charge in [0.25, 0.3) is 0 Å². The van der Waals surface area contributed by atoms with Crippen LogP contribution in [0.4, 0.5) is 21.8 Å². The first-order valence-corrected chi connectivity index (χ1v) is 11.2. The molecule has 1 amide bonds. The van der Waals surface area contributed by atoms with Gasteiger partial charge in [-0.2, -0.15) is 0 Å². The molecule has 0 aliphatic carbocycles. The average molecular weight is 481 g/mol. The van der Waals surface area contributed by atoms with Crippen LogP contribution in [0.15, 0.2) is 54.8 Å². The van der Waals surface area contributed by atoms with Gasteiger partial charge in [-0.05, 0) is 49.6 Å². The highest BCUT2D eigenvalue weighted by atomic mass is 35.5. The number of allylic oxidation sites excluding steroid dienone is 2. The summed E-state index contributed by atoms with van der Waals surface area (Å²) in [5.41, 5.74) is 5.76. The maximum atomic E-state index is 13.5. The van der Waals surface area contributed by atoms with E-state index in [0.717, 1.165) is 5.57 Å². The molecule has 1 saturated heterocycles. The van der Waals surface area contributed by atoms with Crippen molar-refractivity contribution in [1.82, 2.24) is 30.4 Å². The van der Waals surface area contributed by atoms with Gasteiger partial charge in [0.05, 0.1) is 11.2 Å². The number of hydrazine groups is 1. The maximum Gasteiger partial charge on any atom is 0.248 e. The number of amides is 1. The van der Waals surface area contributed by atoms with Crippen molar-refractivity contribution in [2.24, 2.45) is 5.92 Å². The molecule has 4 heterocycles. The van der Waals surface area contributed by atoms with Crippen molar-refractivity contribution in [3.63, 3.8) is 0 Å². The fourth-order valence-electron chi connectivity index (χ4n) is 3.91. The van der Waals surface area contributed by atoms with Gasteiger partial charge in [0.15, 0.2) is 5.82 Å². The zero-order chi connectivity index (χ0) is 23.7. The number of aromatic nitrogens is 4. The fraction of sp³-hybridized carbons (Fsp3) is 0.261. The Kier molecular flexibility index (Phi) is 5.97. The second-order valence-corrected chi connectivity index (χ2v) is 8.59. The number of benzene rings is 1. The number of anilines is 3. The van der Waals surface area contributed by atoms with Crippen LogP contribution in [-0.2, 0) is 4.79 Å². The van der Waals surface area contributed by atoms with Gasteiger partial charge >= 0.3 is 0 Å². The number of rotatable bonds is 4. The van der Waals surface area contributed by atoms with Crippen LogP contribution in [0.5, 0.6) is 0 Å². The molecular weight excluding hydrogens is 459 g/mol. The number of nitrogens with one attached hydrogen (secondary N) is 2. The first kappa shape index (κ1) is 22.0. The average Bonchev–Trinajstić information content (AvgIpc) is 2.86. The van der Waals surface area contributed by atoms with Crippen LogP contribution in [0.3, 0.4) is 0 Å². The minimum Gasteiger partial charge on any atom is -0.341 e. The van der Waals surface area contributed by atoms with Crippen LogP contribution in [0.2, 0.25) is 5.02 Å². The Morgan fingerprint density at radius 3 is 2.79 bits per heavy atom. The minimum absolute atomic E-state index is 0.0116. The lowest BCUT2D eigenvalue weighted by Crippen LogP contribution is -2.45. The molecule has 2 aromatic heterocycles. The van der Waals surface area contributed by atoms with E-state index in [1.807, 2.05) is 19.2 Å². The van der Waals surface area contributed by atoms with Crippen LogP contribution in [0, 0.1) is 11.7 Å². The fourth-order valence-corrected chi connectivity index (χ4v) is 4.09. The van der Waals surface area contributed by atoms with Gasteiger partial charge in [0, 0.05) is 37.1 Å². The molecule has 34 heavy (non-hydrogen) atoms. The lowest BCUT2D eigenvalue weighted by molar-refractivity contribution is -0.135. The SMILES string of the molecule is CC1=CNN(C(=O)C2CCN(c3ncc4ncnc(Nc5ccc(F)c(Cl)c5)c4n3)CC2)C=C1. The van der Waals surface area contributed by atoms with Crippen LogP contribution in [0.1, 0.15) is 19.8 Å². The molecule has 2 aliphatic rings. The topological polar surface area (TPSA) is 99.2 Å². The van der Waals surface area contributed by atoms with Crippen LogP contribution in [-0.4, -0.2) is 43.9 Å². The summed E-state index contributed by atoms with van der Waals surface area (Å²) in [6, 6.07) is 4.34. The number of carbonyl (C=O) groups is 1. The number of nitrogens with zero attached hydrogens (tertiary/aromatic N) is 6. The molecule has 0 bridgehead atoms. The van der Waals surface area contributed by atoms with E-state index >= 15 is 0 Å². The van der Waals surface area contributed by atoms with Crippen LogP contribution < -0.4 is 15.6 Å². The van der Waals surface area contributed by atoms with Gasteiger partial charge in [0.1, 0.15) is 23.2 Å². The zero-order valence-corrected chi connectivity index (χ0v) is 19.1. The Labute approximate surface area is 200 Å². The molecule has 2 aliphatic heterocycles. The van der Waals surface area contributed by atoms with Crippen molar-refractivity contribution in [2.45, 2.75) is 19.8 Å². The van der Waals surface area contributed by atoms with E-state index in [4.69, 9.17) is 16.6 Å². The molecule has 0 unspecified atom stereocenters. The maximum absolute atomic E-state index is 13.5. The summed E-state index contributed by atoms with van der Waals surface area (Å²) in [4.78, 5) is 32.6. The number of carbonyl (C=O) groups excluding carboxylic acids is 1. The van der Waals surface area contributed by atoms with Crippen LogP contribution >= 0.6 is 11.6 Å². The van der Waals surface area contributed by atoms with E-state index in [0.29, 0.717) is 54.4 Å². The first-order chi connectivity index (χ1) is 16.5. The predicted octanol–water partition coefficient (Wildman–Crippen LogP) is 3.94. The predicted molar refractivity (Wildman–Crippen MR) is 128 cm³/mol. The summed E-state index contributed by atoms with van der Waals surface area (Å²) in [6.07, 6.45) is 9.92. The monoisotopic (exact) mass is 480 g/mol. The molecule has 0 saturated carbocycles. The third-order valence-electron chi connectivity index (χ3n) is 5.83. The molecule has 0 spiro atoms.